The molecule has 0 heterocycles. The van der Waals surface area contributed by atoms with Gasteiger partial charge in [-0.1, -0.05) is 37.6 Å². The van der Waals surface area contributed by atoms with Gasteiger partial charge in [0.25, 0.3) is 15.9 Å². The number of halogens is 1. The number of amides is 1. The first-order chi connectivity index (χ1) is 15.1. The quantitative estimate of drug-likeness (QED) is 0.519. The summed E-state index contributed by atoms with van der Waals surface area (Å²) in [5.74, 6) is -0.967. The van der Waals surface area contributed by atoms with E-state index in [9.17, 15) is 18.0 Å². The van der Waals surface area contributed by atoms with Crippen molar-refractivity contribution in [3.8, 4) is 5.75 Å². The van der Waals surface area contributed by atoms with Gasteiger partial charge in [-0.15, -0.1) is 0 Å². The van der Waals surface area contributed by atoms with Crippen LogP contribution in [0.15, 0.2) is 47.4 Å². The first-order valence-electron chi connectivity index (χ1n) is 10.0. The molecular weight excluding hydrogens is 456 g/mol. The third-order valence-corrected chi connectivity index (χ3v) is 7.02. The lowest BCUT2D eigenvalue weighted by molar-refractivity contribution is -0.125. The fraction of sp³-hybridized carbons (Fsp3) is 0.364. The van der Waals surface area contributed by atoms with Gasteiger partial charge in [-0.2, -0.15) is 0 Å². The first-order valence-corrected chi connectivity index (χ1v) is 11.8. The molecule has 0 atom stereocenters. The summed E-state index contributed by atoms with van der Waals surface area (Å²) in [5.41, 5.74) is 0.170. The zero-order chi connectivity index (χ0) is 23.9. The van der Waals surface area contributed by atoms with Crippen molar-refractivity contribution in [3.05, 3.63) is 53.1 Å². The Morgan fingerprint density at radius 2 is 1.78 bits per heavy atom. The molecule has 0 radical (unpaired) electrons. The molecular formula is C22H27ClN2O6S. The summed E-state index contributed by atoms with van der Waals surface area (Å²) in [4.78, 5) is 24.3. The standard InChI is InChI=1S/C22H27ClN2O6S/c1-5-15(6-2)24-21(26)14-31-22(27)17-13-16(11-12-18(17)23)32(28,29)25(3)19-9-7-8-10-20(19)30-4/h7-13,15H,5-6,14H2,1-4H3,(H,24,26). The van der Waals surface area contributed by atoms with Crippen LogP contribution in [0.3, 0.4) is 0 Å². The summed E-state index contributed by atoms with van der Waals surface area (Å²) in [6.45, 7) is 3.38. The van der Waals surface area contributed by atoms with Crippen molar-refractivity contribution in [3.63, 3.8) is 0 Å². The number of esters is 1. The number of para-hydroxylation sites is 2. The minimum atomic E-state index is -4.04. The van der Waals surface area contributed by atoms with Gasteiger partial charge in [0.15, 0.2) is 6.61 Å². The molecule has 0 unspecified atom stereocenters. The van der Waals surface area contributed by atoms with E-state index in [4.69, 9.17) is 21.1 Å². The molecule has 0 aliphatic rings. The molecule has 0 saturated heterocycles. The molecule has 10 heteroatoms. The number of nitrogens with one attached hydrogen (secondary N) is 1. The average Bonchev–Trinajstić information content (AvgIpc) is 2.80. The first kappa shape index (κ1) is 25.5. The van der Waals surface area contributed by atoms with E-state index in [1.165, 1.54) is 26.3 Å². The zero-order valence-corrected chi connectivity index (χ0v) is 20.0. The van der Waals surface area contributed by atoms with Gasteiger partial charge in [0.2, 0.25) is 0 Å². The second-order valence-electron chi connectivity index (χ2n) is 6.94. The molecule has 2 aromatic rings. The Balaban J connectivity index is 2.24. The van der Waals surface area contributed by atoms with E-state index >= 15 is 0 Å². The van der Waals surface area contributed by atoms with Gasteiger partial charge in [-0.25, -0.2) is 13.2 Å². The minimum absolute atomic E-state index is 0.00861. The number of nitrogens with zero attached hydrogens (tertiary/aromatic N) is 1. The van der Waals surface area contributed by atoms with Crippen LogP contribution in [0.2, 0.25) is 5.02 Å². The van der Waals surface area contributed by atoms with E-state index in [1.54, 1.807) is 24.3 Å². The Hall–Kier alpha value is -2.78. The van der Waals surface area contributed by atoms with Crippen LogP contribution >= 0.6 is 11.6 Å². The van der Waals surface area contributed by atoms with Crippen LogP contribution in [0.25, 0.3) is 0 Å². The molecule has 32 heavy (non-hydrogen) atoms. The lowest BCUT2D eigenvalue weighted by Crippen LogP contribution is -2.36. The van der Waals surface area contributed by atoms with Gasteiger partial charge >= 0.3 is 5.97 Å². The highest BCUT2D eigenvalue weighted by Gasteiger charge is 2.26. The third-order valence-electron chi connectivity index (χ3n) is 4.93. The van der Waals surface area contributed by atoms with Gasteiger partial charge in [-0.3, -0.25) is 9.10 Å². The van der Waals surface area contributed by atoms with Crippen molar-refractivity contribution in [2.24, 2.45) is 0 Å². The van der Waals surface area contributed by atoms with Crippen molar-refractivity contribution in [1.29, 1.82) is 0 Å². The number of hydrogen-bond donors (Lipinski definition) is 1. The largest absolute Gasteiger partial charge is 0.495 e. The maximum absolute atomic E-state index is 13.2. The van der Waals surface area contributed by atoms with Crippen molar-refractivity contribution < 1.29 is 27.5 Å². The maximum atomic E-state index is 13.2. The number of carbonyl (C=O) groups excluding carboxylic acids is 2. The van der Waals surface area contributed by atoms with Crippen LogP contribution in [0.4, 0.5) is 5.69 Å². The average molecular weight is 483 g/mol. The lowest BCUT2D eigenvalue weighted by atomic mass is 10.2. The molecule has 1 amide bonds. The molecule has 0 fully saturated rings. The van der Waals surface area contributed by atoms with Gasteiger partial charge in [0.05, 0.1) is 28.3 Å². The normalized spacial score (nSPS) is 11.2. The van der Waals surface area contributed by atoms with Crippen molar-refractivity contribution in [1.82, 2.24) is 5.32 Å². The van der Waals surface area contributed by atoms with E-state index in [1.807, 2.05) is 13.8 Å². The van der Waals surface area contributed by atoms with Crippen molar-refractivity contribution >= 4 is 39.2 Å². The summed E-state index contributed by atoms with van der Waals surface area (Å²) in [7, 11) is -1.23. The summed E-state index contributed by atoms with van der Waals surface area (Å²) < 4.78 is 37.6. The molecule has 2 aromatic carbocycles. The van der Waals surface area contributed by atoms with E-state index in [0.717, 1.165) is 23.2 Å². The summed E-state index contributed by atoms with van der Waals surface area (Å²) in [5, 5.41) is 2.76. The Labute approximate surface area is 193 Å². The number of rotatable bonds is 10. The summed E-state index contributed by atoms with van der Waals surface area (Å²) in [6, 6.07) is 10.3. The lowest BCUT2D eigenvalue weighted by Gasteiger charge is -2.22. The second kappa shape index (κ2) is 11.2. The third kappa shape index (κ3) is 5.92. The van der Waals surface area contributed by atoms with E-state index in [-0.39, 0.29) is 21.5 Å². The summed E-state index contributed by atoms with van der Waals surface area (Å²) >= 11 is 6.10. The fourth-order valence-electron chi connectivity index (χ4n) is 2.97. The molecule has 0 aliphatic heterocycles. The van der Waals surface area contributed by atoms with E-state index in [0.29, 0.717) is 11.4 Å². The summed E-state index contributed by atoms with van der Waals surface area (Å²) in [6.07, 6.45) is 1.50. The van der Waals surface area contributed by atoms with Crippen molar-refractivity contribution in [2.45, 2.75) is 37.6 Å². The van der Waals surface area contributed by atoms with Crippen LogP contribution in [0.1, 0.15) is 37.0 Å². The number of hydrogen-bond acceptors (Lipinski definition) is 6. The minimum Gasteiger partial charge on any atom is -0.495 e. The SMILES string of the molecule is CCC(CC)NC(=O)COC(=O)c1cc(S(=O)(=O)N(C)c2ccccc2OC)ccc1Cl. The molecule has 0 saturated carbocycles. The Kier molecular flexibility index (Phi) is 8.91. The van der Waals surface area contributed by atoms with Gasteiger partial charge in [-0.05, 0) is 43.2 Å². The number of methoxy groups -OCH3 is 1. The van der Waals surface area contributed by atoms with Crippen LogP contribution in [0, 0.1) is 0 Å². The topological polar surface area (TPSA) is 102 Å². The van der Waals surface area contributed by atoms with Crippen LogP contribution in [0.5, 0.6) is 5.75 Å². The van der Waals surface area contributed by atoms with Crippen molar-refractivity contribution in [2.75, 3.05) is 25.1 Å². The number of sulfonamides is 1. The molecule has 2 rings (SSSR count). The Morgan fingerprint density at radius 3 is 2.41 bits per heavy atom. The number of benzene rings is 2. The molecule has 174 valence electrons. The number of anilines is 1. The molecule has 0 bridgehead atoms. The predicted molar refractivity (Wildman–Crippen MR) is 123 cm³/mol. The molecule has 0 spiro atoms. The monoisotopic (exact) mass is 482 g/mol. The van der Waals surface area contributed by atoms with Gasteiger partial charge < -0.3 is 14.8 Å². The molecule has 1 N–H and O–H groups in total. The maximum Gasteiger partial charge on any atom is 0.340 e. The highest BCUT2D eigenvalue weighted by molar-refractivity contribution is 7.92. The Bertz CT molecular complexity index is 1070. The fourth-order valence-corrected chi connectivity index (χ4v) is 4.40. The van der Waals surface area contributed by atoms with Gasteiger partial charge in [0.1, 0.15) is 5.75 Å². The Morgan fingerprint density at radius 1 is 1.12 bits per heavy atom. The molecule has 8 nitrogen and oxygen atoms in total. The van der Waals surface area contributed by atoms with Crippen LogP contribution in [-0.2, 0) is 19.6 Å². The number of ether oxygens (including phenoxy) is 2. The number of carbonyl (C=O) groups is 2. The molecule has 0 aromatic heterocycles. The second-order valence-corrected chi connectivity index (χ2v) is 9.32. The van der Waals surface area contributed by atoms with Gasteiger partial charge in [0, 0.05) is 13.1 Å². The molecule has 0 aliphatic carbocycles. The smallest absolute Gasteiger partial charge is 0.340 e. The zero-order valence-electron chi connectivity index (χ0n) is 18.4. The highest BCUT2D eigenvalue weighted by atomic mass is 35.5. The highest BCUT2D eigenvalue weighted by Crippen LogP contribution is 2.32. The predicted octanol–water partition coefficient (Wildman–Crippen LogP) is 3.64. The van der Waals surface area contributed by atoms with Crippen LogP contribution in [-0.4, -0.2) is 47.1 Å². The van der Waals surface area contributed by atoms with Crippen LogP contribution < -0.4 is 14.4 Å². The van der Waals surface area contributed by atoms with E-state index in [2.05, 4.69) is 5.32 Å². The van der Waals surface area contributed by atoms with E-state index < -0.39 is 28.5 Å².